The van der Waals surface area contributed by atoms with Crippen LogP contribution in [0.5, 0.6) is 0 Å². The van der Waals surface area contributed by atoms with Gasteiger partial charge in [0.25, 0.3) is 5.56 Å². The van der Waals surface area contributed by atoms with Crippen molar-refractivity contribution >= 4 is 23.8 Å². The van der Waals surface area contributed by atoms with Crippen LogP contribution in [0, 0.1) is 6.92 Å². The van der Waals surface area contributed by atoms with Crippen LogP contribution in [0.3, 0.4) is 0 Å². The smallest absolute Gasteiger partial charge is 0.258 e. The van der Waals surface area contributed by atoms with Crippen molar-refractivity contribution < 1.29 is 0 Å². The quantitative estimate of drug-likeness (QED) is 0.612. The number of nitrogens with one attached hydrogen (secondary N) is 2. The van der Waals surface area contributed by atoms with Crippen LogP contribution in [-0.2, 0) is 7.05 Å². The first-order valence-corrected chi connectivity index (χ1v) is 11.7. The summed E-state index contributed by atoms with van der Waals surface area (Å²) in [6.45, 7) is 9.90. The molecule has 3 aromatic rings. The van der Waals surface area contributed by atoms with E-state index in [1.807, 2.05) is 64.2 Å². The zero-order valence-corrected chi connectivity index (χ0v) is 20.0. The molecule has 2 N–H and O–H groups in total. The first kappa shape index (κ1) is 22.8. The summed E-state index contributed by atoms with van der Waals surface area (Å²) in [5.74, 6) is 2.00. The summed E-state index contributed by atoms with van der Waals surface area (Å²) >= 11 is 0. The molecule has 0 saturated heterocycles. The zero-order chi connectivity index (χ0) is 23.5. The van der Waals surface area contributed by atoms with Gasteiger partial charge in [0.05, 0.1) is 5.35 Å². The number of benzene rings is 1. The summed E-state index contributed by atoms with van der Waals surface area (Å²) in [6, 6.07) is 7.99. The van der Waals surface area contributed by atoms with Crippen LogP contribution >= 0.6 is 0 Å². The lowest BCUT2D eigenvalue weighted by Gasteiger charge is -2.18. The third-order valence-corrected chi connectivity index (χ3v) is 6.46. The molecule has 1 aliphatic rings. The minimum Gasteiger partial charge on any atom is -0.323 e. The normalized spacial score (nSPS) is 15.8. The maximum Gasteiger partial charge on any atom is 0.258 e. The highest BCUT2D eigenvalue weighted by Gasteiger charge is 2.19. The number of nitrogens with zero attached hydrogens (tertiary/aromatic N) is 3. The molecule has 172 valence electrons. The van der Waals surface area contributed by atoms with E-state index >= 15 is 0 Å². The van der Waals surface area contributed by atoms with E-state index in [9.17, 15) is 4.79 Å². The van der Waals surface area contributed by atoms with E-state index in [1.165, 1.54) is 32.1 Å². The molecule has 0 amide bonds. The summed E-state index contributed by atoms with van der Waals surface area (Å²) in [4.78, 5) is 18.0. The van der Waals surface area contributed by atoms with Gasteiger partial charge in [-0.05, 0) is 74.2 Å². The molecule has 1 saturated carbocycles. The maximum atomic E-state index is 13.3. The standard InChI is InChI=1S/C27H33N5O/c1-6-19-15-23(26(33)32(5)24(19)14-17(2)3)22-16-21(13-12-18(22)4)28-27-29-25(30-31-27)20-10-8-7-9-11-20/h6,12-16,20H,2,7-11H2,1,3-5H3,(H2,28,29,30,31)/b19-6-,24-14+. The number of aromatic nitrogens is 4. The second-order valence-electron chi connectivity index (χ2n) is 9.08. The Morgan fingerprint density at radius 3 is 2.67 bits per heavy atom. The fourth-order valence-electron chi connectivity index (χ4n) is 4.62. The SMILES string of the molecule is C=C(C)/C=c1\c(=C/C)cc(-c2cc(Nc3n[nH]c(C4CCCCC4)n3)ccc2C)c(=O)n1C. The van der Waals surface area contributed by atoms with Crippen LogP contribution in [0.1, 0.15) is 63.3 Å². The molecule has 2 aromatic heterocycles. The van der Waals surface area contributed by atoms with Gasteiger partial charge < -0.3 is 9.88 Å². The van der Waals surface area contributed by atoms with Crippen molar-refractivity contribution in [3.63, 3.8) is 0 Å². The number of hydrogen-bond donors (Lipinski definition) is 2. The van der Waals surface area contributed by atoms with Crippen molar-refractivity contribution in [2.75, 3.05) is 5.32 Å². The minimum absolute atomic E-state index is 0.0363. The third kappa shape index (κ3) is 4.85. The van der Waals surface area contributed by atoms with Gasteiger partial charge in [0.2, 0.25) is 5.95 Å². The number of allylic oxidation sites excluding steroid dienone is 1. The van der Waals surface area contributed by atoms with E-state index in [-0.39, 0.29) is 5.56 Å². The average Bonchev–Trinajstić information content (AvgIpc) is 3.27. The van der Waals surface area contributed by atoms with E-state index in [2.05, 4.69) is 22.1 Å². The van der Waals surface area contributed by atoms with Gasteiger partial charge in [-0.2, -0.15) is 4.98 Å². The molecule has 33 heavy (non-hydrogen) atoms. The zero-order valence-electron chi connectivity index (χ0n) is 20.0. The van der Waals surface area contributed by atoms with Crippen molar-refractivity contribution in [3.8, 4) is 11.1 Å². The van der Waals surface area contributed by atoms with Crippen LogP contribution in [-0.4, -0.2) is 19.7 Å². The molecule has 0 atom stereocenters. The number of aromatic amines is 1. The molecular formula is C27H33N5O. The van der Waals surface area contributed by atoms with Crippen LogP contribution in [0.4, 0.5) is 11.6 Å². The maximum absolute atomic E-state index is 13.3. The van der Waals surface area contributed by atoms with Crippen molar-refractivity contribution in [1.82, 2.24) is 19.7 Å². The van der Waals surface area contributed by atoms with Gasteiger partial charge in [0, 0.05) is 24.2 Å². The third-order valence-electron chi connectivity index (χ3n) is 6.46. The van der Waals surface area contributed by atoms with Gasteiger partial charge in [0.1, 0.15) is 5.82 Å². The second kappa shape index (κ2) is 9.61. The molecule has 0 spiro atoms. The second-order valence-corrected chi connectivity index (χ2v) is 9.08. The first-order chi connectivity index (χ1) is 15.9. The lowest BCUT2D eigenvalue weighted by atomic mass is 9.89. The molecule has 1 fully saturated rings. The van der Waals surface area contributed by atoms with Crippen LogP contribution in [0.15, 0.2) is 41.2 Å². The summed E-state index contributed by atoms with van der Waals surface area (Å²) < 4.78 is 1.70. The highest BCUT2D eigenvalue weighted by molar-refractivity contribution is 5.72. The molecule has 0 aliphatic heterocycles. The average molecular weight is 444 g/mol. The van der Waals surface area contributed by atoms with Gasteiger partial charge in [-0.3, -0.25) is 9.89 Å². The lowest BCUT2D eigenvalue weighted by Crippen LogP contribution is -2.42. The molecule has 4 rings (SSSR count). The van der Waals surface area contributed by atoms with Crippen LogP contribution in [0.2, 0.25) is 0 Å². The summed E-state index contributed by atoms with van der Waals surface area (Å²) in [5.41, 5.74) is 4.32. The molecular weight excluding hydrogens is 410 g/mol. The van der Waals surface area contributed by atoms with Crippen molar-refractivity contribution in [2.24, 2.45) is 7.05 Å². The van der Waals surface area contributed by atoms with Gasteiger partial charge in [-0.1, -0.05) is 43.6 Å². The van der Waals surface area contributed by atoms with E-state index < -0.39 is 0 Å². The van der Waals surface area contributed by atoms with Crippen molar-refractivity contribution in [1.29, 1.82) is 0 Å². The highest BCUT2D eigenvalue weighted by atomic mass is 16.1. The van der Waals surface area contributed by atoms with Gasteiger partial charge in [-0.15, -0.1) is 5.10 Å². The molecule has 1 aromatic carbocycles. The Morgan fingerprint density at radius 2 is 1.97 bits per heavy atom. The Bertz CT molecular complexity index is 1360. The topological polar surface area (TPSA) is 75.6 Å². The first-order valence-electron chi connectivity index (χ1n) is 11.7. The Balaban J connectivity index is 1.70. The number of hydrogen-bond acceptors (Lipinski definition) is 4. The number of aryl methyl sites for hydroxylation is 1. The Hall–Kier alpha value is -3.41. The number of H-pyrrole nitrogens is 1. The number of anilines is 2. The van der Waals surface area contributed by atoms with E-state index in [4.69, 9.17) is 4.98 Å². The molecule has 0 radical (unpaired) electrons. The van der Waals surface area contributed by atoms with E-state index in [0.29, 0.717) is 17.4 Å². The fraction of sp³-hybridized carbons (Fsp3) is 0.370. The highest BCUT2D eigenvalue weighted by Crippen LogP contribution is 2.31. The monoisotopic (exact) mass is 443 g/mol. The van der Waals surface area contributed by atoms with Gasteiger partial charge in [0.15, 0.2) is 0 Å². The lowest BCUT2D eigenvalue weighted by molar-refractivity contribution is 0.429. The van der Waals surface area contributed by atoms with Crippen LogP contribution < -0.4 is 21.4 Å². The van der Waals surface area contributed by atoms with Crippen molar-refractivity contribution in [3.05, 3.63) is 68.7 Å². The minimum atomic E-state index is -0.0363. The molecule has 6 nitrogen and oxygen atoms in total. The molecule has 0 bridgehead atoms. The molecule has 0 unspecified atom stereocenters. The Labute approximate surface area is 194 Å². The largest absolute Gasteiger partial charge is 0.323 e. The Morgan fingerprint density at radius 1 is 1.21 bits per heavy atom. The van der Waals surface area contributed by atoms with Crippen LogP contribution in [0.25, 0.3) is 23.3 Å². The summed E-state index contributed by atoms with van der Waals surface area (Å²) in [6.07, 6.45) is 10.1. The molecule has 6 heteroatoms. The number of pyridine rings is 1. The predicted molar refractivity (Wildman–Crippen MR) is 136 cm³/mol. The predicted octanol–water partition coefficient (Wildman–Crippen LogP) is 4.43. The summed E-state index contributed by atoms with van der Waals surface area (Å²) in [5, 5.41) is 12.7. The van der Waals surface area contributed by atoms with Gasteiger partial charge in [-0.25, -0.2) is 0 Å². The van der Waals surface area contributed by atoms with E-state index in [1.54, 1.807) is 4.57 Å². The van der Waals surface area contributed by atoms with E-state index in [0.717, 1.165) is 38.8 Å². The fourth-order valence-corrected chi connectivity index (χ4v) is 4.62. The molecule has 2 heterocycles. The summed E-state index contributed by atoms with van der Waals surface area (Å²) in [7, 11) is 1.81. The Kier molecular flexibility index (Phi) is 6.63. The van der Waals surface area contributed by atoms with Crippen molar-refractivity contribution in [2.45, 2.75) is 58.8 Å². The molecule has 1 aliphatic carbocycles. The number of rotatable bonds is 5. The van der Waals surface area contributed by atoms with Gasteiger partial charge >= 0.3 is 0 Å².